The Balaban J connectivity index is 1.58. The third-order valence-corrected chi connectivity index (χ3v) is 6.48. The first-order chi connectivity index (χ1) is 15.4. The quantitative estimate of drug-likeness (QED) is 0.269. The molecule has 1 aliphatic rings. The van der Waals surface area contributed by atoms with Crippen LogP contribution in [-0.4, -0.2) is 45.4 Å². The predicted molar refractivity (Wildman–Crippen MR) is 131 cm³/mol. The van der Waals surface area contributed by atoms with Crippen molar-refractivity contribution in [3.63, 3.8) is 0 Å². The maximum absolute atomic E-state index is 12.8. The maximum atomic E-state index is 12.8. The summed E-state index contributed by atoms with van der Waals surface area (Å²) in [4.78, 5) is 28.2. The van der Waals surface area contributed by atoms with Crippen molar-refractivity contribution in [2.75, 3.05) is 14.1 Å². The minimum atomic E-state index is -0.385. The zero-order valence-corrected chi connectivity index (χ0v) is 18.6. The normalized spacial score (nSPS) is 14.7. The van der Waals surface area contributed by atoms with E-state index in [1.165, 1.54) is 26.1 Å². The second kappa shape index (κ2) is 7.73. The first kappa shape index (κ1) is 20.2. The number of amides is 2. The molecule has 5 nitrogen and oxygen atoms in total. The minimum Gasteiger partial charge on any atom is -0.342 e. The van der Waals surface area contributed by atoms with Crippen LogP contribution in [0.5, 0.6) is 0 Å². The van der Waals surface area contributed by atoms with Crippen molar-refractivity contribution in [2.45, 2.75) is 6.54 Å². The molecule has 4 aromatic rings. The number of carbonyl (C=O) groups is 2. The number of thiocarbonyl (C=S) groups is 1. The molecule has 0 atom stereocenters. The Morgan fingerprint density at radius 1 is 0.844 bits per heavy atom. The van der Waals surface area contributed by atoms with Crippen molar-refractivity contribution in [2.24, 2.45) is 0 Å². The zero-order chi connectivity index (χ0) is 22.4. The summed E-state index contributed by atoms with van der Waals surface area (Å²) in [5, 5.41) is 3.60. The summed E-state index contributed by atoms with van der Waals surface area (Å²) in [6.07, 6.45) is 3.68. The van der Waals surface area contributed by atoms with Gasteiger partial charge < -0.3 is 4.57 Å². The van der Waals surface area contributed by atoms with E-state index in [2.05, 4.69) is 41.0 Å². The summed E-state index contributed by atoms with van der Waals surface area (Å²) in [6, 6.07) is 22.8. The van der Waals surface area contributed by atoms with Crippen LogP contribution < -0.4 is 0 Å². The molecule has 0 bridgehead atoms. The van der Waals surface area contributed by atoms with E-state index in [1.807, 2.05) is 36.5 Å². The summed E-state index contributed by atoms with van der Waals surface area (Å²) in [5.41, 5.74) is 3.16. The van der Waals surface area contributed by atoms with Gasteiger partial charge in [0.15, 0.2) is 5.11 Å². The molecule has 0 spiro atoms. The number of nitrogens with zero attached hydrogens (tertiary/aromatic N) is 3. The van der Waals surface area contributed by atoms with Crippen LogP contribution >= 0.6 is 12.2 Å². The summed E-state index contributed by atoms with van der Waals surface area (Å²) in [5.74, 6) is -0.770. The van der Waals surface area contributed by atoms with Crippen LogP contribution in [0.25, 0.3) is 27.8 Å². The Morgan fingerprint density at radius 3 is 2.25 bits per heavy atom. The minimum absolute atomic E-state index is 0.109. The molecule has 32 heavy (non-hydrogen) atoms. The molecule has 3 aromatic carbocycles. The molecule has 0 radical (unpaired) electrons. The molecular weight excluding hydrogens is 418 g/mol. The lowest BCUT2D eigenvalue weighted by Crippen LogP contribution is -2.52. The van der Waals surface area contributed by atoms with Crippen LogP contribution in [0.3, 0.4) is 0 Å². The van der Waals surface area contributed by atoms with E-state index in [-0.39, 0.29) is 22.5 Å². The van der Waals surface area contributed by atoms with E-state index >= 15 is 0 Å². The van der Waals surface area contributed by atoms with Crippen molar-refractivity contribution in [1.29, 1.82) is 0 Å². The molecule has 2 amide bonds. The SMILES string of the molecule is CN1C(=O)C(=Cc2cn(Cc3ccc4ccccc4c3)c3ccccc23)C(=O)N(C)C1=S. The Bertz CT molecular complexity index is 1420. The van der Waals surface area contributed by atoms with Crippen LogP contribution in [0, 0.1) is 0 Å². The van der Waals surface area contributed by atoms with Crippen molar-refractivity contribution < 1.29 is 9.59 Å². The molecule has 0 aliphatic carbocycles. The fourth-order valence-corrected chi connectivity index (χ4v) is 4.35. The second-order valence-electron chi connectivity index (χ2n) is 7.98. The van der Waals surface area contributed by atoms with Crippen molar-refractivity contribution in [3.8, 4) is 0 Å². The highest BCUT2D eigenvalue weighted by molar-refractivity contribution is 7.80. The van der Waals surface area contributed by atoms with Gasteiger partial charge in [0.05, 0.1) is 0 Å². The molecule has 1 aliphatic heterocycles. The summed E-state index contributed by atoms with van der Waals surface area (Å²) in [7, 11) is 3.18. The molecule has 6 heteroatoms. The summed E-state index contributed by atoms with van der Waals surface area (Å²) < 4.78 is 2.15. The van der Waals surface area contributed by atoms with Gasteiger partial charge in [-0.2, -0.15) is 0 Å². The topological polar surface area (TPSA) is 45.6 Å². The molecule has 2 heterocycles. The molecule has 0 N–H and O–H groups in total. The second-order valence-corrected chi connectivity index (χ2v) is 8.35. The maximum Gasteiger partial charge on any atom is 0.265 e. The van der Waals surface area contributed by atoms with Gasteiger partial charge in [-0.25, -0.2) is 0 Å². The molecule has 1 fully saturated rings. The lowest BCUT2D eigenvalue weighted by Gasteiger charge is -2.31. The van der Waals surface area contributed by atoms with Crippen LogP contribution in [0.2, 0.25) is 0 Å². The number of hydrogen-bond acceptors (Lipinski definition) is 3. The third kappa shape index (κ3) is 3.29. The summed E-state index contributed by atoms with van der Waals surface area (Å²) >= 11 is 5.19. The highest BCUT2D eigenvalue weighted by Gasteiger charge is 2.35. The Morgan fingerprint density at radius 2 is 1.50 bits per heavy atom. The smallest absolute Gasteiger partial charge is 0.265 e. The van der Waals surface area contributed by atoms with Crippen molar-refractivity contribution >= 4 is 56.9 Å². The Kier molecular flexibility index (Phi) is 4.87. The lowest BCUT2D eigenvalue weighted by molar-refractivity contribution is -0.132. The van der Waals surface area contributed by atoms with Crippen LogP contribution in [0.4, 0.5) is 0 Å². The van der Waals surface area contributed by atoms with E-state index < -0.39 is 0 Å². The highest BCUT2D eigenvalue weighted by Crippen LogP contribution is 2.27. The number of aromatic nitrogens is 1. The van der Waals surface area contributed by atoms with Gasteiger partial charge in [-0.3, -0.25) is 19.4 Å². The predicted octanol–water partition coefficient (Wildman–Crippen LogP) is 4.44. The van der Waals surface area contributed by atoms with Crippen molar-refractivity contribution in [3.05, 3.63) is 89.6 Å². The van der Waals surface area contributed by atoms with E-state index in [4.69, 9.17) is 12.2 Å². The van der Waals surface area contributed by atoms with E-state index in [1.54, 1.807) is 20.2 Å². The first-order valence-corrected chi connectivity index (χ1v) is 10.7. The van der Waals surface area contributed by atoms with Gasteiger partial charge in [0.1, 0.15) is 5.57 Å². The Labute approximate surface area is 191 Å². The number of rotatable bonds is 3. The average molecular weight is 440 g/mol. The van der Waals surface area contributed by atoms with E-state index in [0.29, 0.717) is 6.54 Å². The lowest BCUT2D eigenvalue weighted by atomic mass is 10.1. The fourth-order valence-electron chi connectivity index (χ4n) is 4.19. The molecule has 0 unspecified atom stereocenters. The molecule has 1 saturated heterocycles. The monoisotopic (exact) mass is 439 g/mol. The van der Waals surface area contributed by atoms with Gasteiger partial charge >= 0.3 is 0 Å². The molecular formula is C26H21N3O2S. The number of hydrogen-bond donors (Lipinski definition) is 0. The van der Waals surface area contributed by atoms with E-state index in [9.17, 15) is 9.59 Å². The molecule has 1 aromatic heterocycles. The largest absolute Gasteiger partial charge is 0.342 e. The van der Waals surface area contributed by atoms with Gasteiger partial charge in [0.2, 0.25) is 0 Å². The van der Waals surface area contributed by atoms with Crippen LogP contribution in [0.1, 0.15) is 11.1 Å². The fraction of sp³-hybridized carbons (Fsp3) is 0.115. The van der Waals surface area contributed by atoms with Gasteiger partial charge in [-0.05, 0) is 46.8 Å². The summed E-state index contributed by atoms with van der Waals surface area (Å²) in [6.45, 7) is 0.681. The van der Waals surface area contributed by atoms with Gasteiger partial charge in [-0.15, -0.1) is 0 Å². The highest BCUT2D eigenvalue weighted by atomic mass is 32.1. The number of likely N-dealkylation sites (N-methyl/N-ethyl adjacent to an activating group) is 2. The third-order valence-electron chi connectivity index (χ3n) is 5.93. The molecule has 0 saturated carbocycles. The van der Waals surface area contributed by atoms with Crippen LogP contribution in [-0.2, 0) is 16.1 Å². The number of carbonyl (C=O) groups excluding carboxylic acids is 2. The van der Waals surface area contributed by atoms with Crippen LogP contribution in [0.15, 0.2) is 78.5 Å². The standard InChI is InChI=1S/C26H21N3O2S/c1-27-24(30)22(25(31)28(2)26(27)32)14-20-16-29(23-10-6-5-9-21(20)23)15-17-11-12-18-7-3-4-8-19(18)13-17/h3-14,16H,15H2,1-2H3. The zero-order valence-electron chi connectivity index (χ0n) is 17.8. The van der Waals surface area contributed by atoms with Crippen molar-refractivity contribution in [1.82, 2.24) is 14.4 Å². The number of benzene rings is 3. The molecule has 158 valence electrons. The van der Waals surface area contributed by atoms with Gasteiger partial charge in [0, 0.05) is 43.3 Å². The van der Waals surface area contributed by atoms with Gasteiger partial charge in [0.25, 0.3) is 11.8 Å². The van der Waals surface area contributed by atoms with E-state index in [0.717, 1.165) is 16.5 Å². The first-order valence-electron chi connectivity index (χ1n) is 10.3. The average Bonchev–Trinajstić information content (AvgIpc) is 3.16. The number of para-hydroxylation sites is 1. The molecule has 5 rings (SSSR count). The number of fused-ring (bicyclic) bond motifs is 2. The van der Waals surface area contributed by atoms with Gasteiger partial charge in [-0.1, -0.05) is 54.6 Å². The Hall–Kier alpha value is -3.77.